The van der Waals surface area contributed by atoms with Crippen LogP contribution >= 0.6 is 0 Å². The van der Waals surface area contributed by atoms with Crippen molar-refractivity contribution in [1.82, 2.24) is 0 Å². The van der Waals surface area contributed by atoms with Crippen molar-refractivity contribution < 1.29 is 10.2 Å². The fourth-order valence-electron chi connectivity index (χ4n) is 1.63. The van der Waals surface area contributed by atoms with Crippen LogP contribution in [0.15, 0.2) is 36.5 Å². The van der Waals surface area contributed by atoms with Crippen molar-refractivity contribution in [1.29, 1.82) is 0 Å². The van der Waals surface area contributed by atoms with Gasteiger partial charge in [0.05, 0.1) is 0 Å². The second kappa shape index (κ2) is 14.7. The molecule has 0 aromatic rings. The maximum atomic E-state index is 9.14. The molecule has 0 amide bonds. The monoisotopic (exact) mass is 286 g/mol. The summed E-state index contributed by atoms with van der Waals surface area (Å²) in [6.45, 7) is 0. The second-order valence-corrected chi connectivity index (χ2v) is 4.76. The average Bonchev–Trinajstić information content (AvgIpc) is 2.51. The predicted octanol–water partition coefficient (Wildman–Crippen LogP) is 3.37. The zero-order valence-electron chi connectivity index (χ0n) is 12.6. The minimum absolute atomic E-state index is 0.536. The van der Waals surface area contributed by atoms with Crippen molar-refractivity contribution in [2.75, 3.05) is 0 Å². The molecule has 2 atom stereocenters. The first-order chi connectivity index (χ1) is 10.2. The number of rotatable bonds is 11. The lowest BCUT2D eigenvalue weighted by molar-refractivity contribution is 0.236. The van der Waals surface area contributed by atoms with Crippen LogP contribution in [-0.4, -0.2) is 22.4 Å². The third-order valence-corrected chi connectivity index (χ3v) is 2.86. The van der Waals surface area contributed by atoms with Crippen LogP contribution in [0.5, 0.6) is 0 Å². The SMILES string of the molecule is C#CC(O)C=CCCCC=CCCCC=CCC(O)C#C. The van der Waals surface area contributed by atoms with Gasteiger partial charge in [0.2, 0.25) is 0 Å². The Morgan fingerprint density at radius 1 is 0.762 bits per heavy atom. The Balaban J connectivity index is 3.40. The number of terminal acetylenes is 2. The van der Waals surface area contributed by atoms with E-state index in [1.165, 1.54) is 0 Å². The fourth-order valence-corrected chi connectivity index (χ4v) is 1.63. The van der Waals surface area contributed by atoms with Crippen LogP contribution in [0, 0.1) is 24.7 Å². The van der Waals surface area contributed by atoms with E-state index in [9.17, 15) is 0 Å². The van der Waals surface area contributed by atoms with Crippen molar-refractivity contribution in [3.8, 4) is 24.7 Å². The molecule has 21 heavy (non-hydrogen) atoms. The summed E-state index contributed by atoms with van der Waals surface area (Å²) >= 11 is 0. The molecule has 2 N–H and O–H groups in total. The number of unbranched alkanes of at least 4 members (excludes halogenated alkanes) is 4. The first kappa shape index (κ1) is 19.3. The summed E-state index contributed by atoms with van der Waals surface area (Å²) in [7, 11) is 0. The number of aliphatic hydroxyl groups excluding tert-OH is 2. The molecular formula is C19H26O2. The van der Waals surface area contributed by atoms with E-state index in [0.717, 1.165) is 38.5 Å². The first-order valence-electron chi connectivity index (χ1n) is 7.45. The van der Waals surface area contributed by atoms with Gasteiger partial charge < -0.3 is 10.2 Å². The summed E-state index contributed by atoms with van der Waals surface area (Å²) in [5.41, 5.74) is 0. The van der Waals surface area contributed by atoms with Crippen LogP contribution in [0.2, 0.25) is 0 Å². The van der Waals surface area contributed by atoms with E-state index in [4.69, 9.17) is 23.1 Å². The molecule has 0 fully saturated rings. The van der Waals surface area contributed by atoms with E-state index in [2.05, 4.69) is 30.1 Å². The summed E-state index contributed by atoms with van der Waals surface area (Å²) in [5, 5.41) is 18.2. The van der Waals surface area contributed by atoms with Crippen LogP contribution in [0.1, 0.15) is 44.9 Å². The minimum atomic E-state index is -0.754. The van der Waals surface area contributed by atoms with Gasteiger partial charge in [0.25, 0.3) is 0 Å². The second-order valence-electron chi connectivity index (χ2n) is 4.76. The van der Waals surface area contributed by atoms with E-state index in [0.29, 0.717) is 6.42 Å². The molecule has 0 spiro atoms. The standard InChI is InChI=1S/C19H26O2/c1-3-18(20)16-14-12-10-8-6-5-7-9-11-13-15-17-19(21)4-2/h1-2,5-6,13-16,18-21H,7-12,17H2. The number of aliphatic hydroxyl groups is 2. The molecule has 0 aliphatic heterocycles. The number of hydrogen-bond donors (Lipinski definition) is 2. The van der Waals surface area contributed by atoms with E-state index in [1.54, 1.807) is 6.08 Å². The predicted molar refractivity (Wildman–Crippen MR) is 89.4 cm³/mol. The summed E-state index contributed by atoms with van der Waals surface area (Å²) < 4.78 is 0. The van der Waals surface area contributed by atoms with Crippen LogP contribution in [0.3, 0.4) is 0 Å². The maximum Gasteiger partial charge on any atom is 0.133 e. The highest BCUT2D eigenvalue weighted by Crippen LogP contribution is 2.03. The molecule has 0 aliphatic rings. The average molecular weight is 286 g/mol. The molecule has 0 heterocycles. The highest BCUT2D eigenvalue weighted by Gasteiger charge is 1.92. The van der Waals surface area contributed by atoms with Gasteiger partial charge in [-0.1, -0.05) is 42.2 Å². The lowest BCUT2D eigenvalue weighted by atomic mass is 10.1. The number of allylic oxidation sites excluding steroid dienone is 4. The van der Waals surface area contributed by atoms with E-state index < -0.39 is 12.2 Å². The van der Waals surface area contributed by atoms with E-state index in [1.807, 2.05) is 12.2 Å². The molecule has 0 rings (SSSR count). The molecular weight excluding hydrogens is 260 g/mol. The Hall–Kier alpha value is -1.74. The van der Waals surface area contributed by atoms with E-state index >= 15 is 0 Å². The van der Waals surface area contributed by atoms with Crippen LogP contribution in [0.4, 0.5) is 0 Å². The Morgan fingerprint density at radius 2 is 1.29 bits per heavy atom. The highest BCUT2D eigenvalue weighted by molar-refractivity contribution is 5.06. The fraction of sp³-hybridized carbons (Fsp3) is 0.474. The topological polar surface area (TPSA) is 40.5 Å². The molecule has 0 aromatic carbocycles. The molecule has 2 nitrogen and oxygen atoms in total. The van der Waals surface area contributed by atoms with Crippen molar-refractivity contribution in [3.63, 3.8) is 0 Å². The Kier molecular flexibility index (Phi) is 13.4. The van der Waals surface area contributed by atoms with Gasteiger partial charge in [-0.25, -0.2) is 0 Å². The lowest BCUT2D eigenvalue weighted by Crippen LogP contribution is -1.98. The van der Waals surface area contributed by atoms with Crippen LogP contribution < -0.4 is 0 Å². The van der Waals surface area contributed by atoms with Crippen LogP contribution in [-0.2, 0) is 0 Å². The van der Waals surface area contributed by atoms with Crippen molar-refractivity contribution in [2.24, 2.45) is 0 Å². The lowest BCUT2D eigenvalue weighted by Gasteiger charge is -1.96. The Bertz CT molecular complexity index is 404. The third-order valence-electron chi connectivity index (χ3n) is 2.86. The van der Waals surface area contributed by atoms with E-state index in [-0.39, 0.29) is 0 Å². The molecule has 0 saturated carbocycles. The first-order valence-corrected chi connectivity index (χ1v) is 7.45. The quantitative estimate of drug-likeness (QED) is 0.347. The molecule has 2 unspecified atom stereocenters. The summed E-state index contributed by atoms with van der Waals surface area (Å²) in [6.07, 6.45) is 27.4. The zero-order chi connectivity index (χ0) is 15.8. The van der Waals surface area contributed by atoms with Gasteiger partial charge in [0.1, 0.15) is 12.2 Å². The van der Waals surface area contributed by atoms with Crippen LogP contribution in [0.25, 0.3) is 0 Å². The molecule has 0 saturated heterocycles. The Morgan fingerprint density at radius 3 is 1.81 bits per heavy atom. The minimum Gasteiger partial charge on any atom is -0.380 e. The van der Waals surface area contributed by atoms with Gasteiger partial charge >= 0.3 is 0 Å². The Labute approximate surface area is 129 Å². The number of hydrogen-bond acceptors (Lipinski definition) is 2. The largest absolute Gasteiger partial charge is 0.380 e. The van der Waals surface area contributed by atoms with Gasteiger partial charge in [0, 0.05) is 6.42 Å². The van der Waals surface area contributed by atoms with Gasteiger partial charge in [-0.15, -0.1) is 12.8 Å². The highest BCUT2D eigenvalue weighted by atomic mass is 16.3. The smallest absolute Gasteiger partial charge is 0.133 e. The normalized spacial score (nSPS) is 14.5. The van der Waals surface area contributed by atoms with Gasteiger partial charge in [-0.3, -0.25) is 0 Å². The molecule has 0 bridgehead atoms. The van der Waals surface area contributed by atoms with Crippen molar-refractivity contribution >= 4 is 0 Å². The summed E-state index contributed by atoms with van der Waals surface area (Å²) in [4.78, 5) is 0. The summed E-state index contributed by atoms with van der Waals surface area (Å²) in [6, 6.07) is 0. The van der Waals surface area contributed by atoms with Crippen molar-refractivity contribution in [3.05, 3.63) is 36.5 Å². The molecule has 0 radical (unpaired) electrons. The molecule has 0 aromatic heterocycles. The van der Waals surface area contributed by atoms with Gasteiger partial charge in [0.15, 0.2) is 0 Å². The summed E-state index contributed by atoms with van der Waals surface area (Å²) in [5.74, 6) is 4.52. The molecule has 0 aliphatic carbocycles. The molecule has 114 valence electrons. The van der Waals surface area contributed by atoms with Gasteiger partial charge in [-0.05, 0) is 44.6 Å². The third kappa shape index (κ3) is 14.5. The maximum absolute atomic E-state index is 9.14. The van der Waals surface area contributed by atoms with Gasteiger partial charge in [-0.2, -0.15) is 0 Å². The molecule has 2 heteroatoms. The van der Waals surface area contributed by atoms with Crippen molar-refractivity contribution in [2.45, 2.75) is 57.2 Å². The zero-order valence-corrected chi connectivity index (χ0v) is 12.6.